The lowest BCUT2D eigenvalue weighted by molar-refractivity contribution is 0.388. The van der Waals surface area contributed by atoms with Crippen LogP contribution in [0.2, 0.25) is 5.02 Å². The van der Waals surface area contributed by atoms with Gasteiger partial charge < -0.3 is 15.6 Å². The van der Waals surface area contributed by atoms with Gasteiger partial charge in [-0.1, -0.05) is 11.6 Å². The molecule has 0 saturated heterocycles. The second kappa shape index (κ2) is 3.91. The molecule has 0 aromatic heterocycles. The Kier molecular flexibility index (Phi) is 3.16. The summed E-state index contributed by atoms with van der Waals surface area (Å²) in [5.41, 5.74) is 6.91. The third-order valence-electron chi connectivity index (χ3n) is 2.28. The van der Waals surface area contributed by atoms with Gasteiger partial charge in [-0.2, -0.15) is 0 Å². The monoisotopic (exact) mass is 229 g/mol. The van der Waals surface area contributed by atoms with Gasteiger partial charge in [0.15, 0.2) is 0 Å². The fraction of sp³-hybridized carbons (Fsp3) is 0.455. The molecule has 0 saturated carbocycles. The standard InChI is InChI=1S/C11H16ClNO2/c1-6-5-7(11(2,3)13)10(15-4)8(12)9(6)14/h5,14H,13H2,1-4H3. The molecule has 0 aliphatic heterocycles. The van der Waals surface area contributed by atoms with E-state index in [1.165, 1.54) is 7.11 Å². The number of aryl methyl sites for hydroxylation is 1. The molecule has 0 atom stereocenters. The average Bonchev–Trinajstić information content (AvgIpc) is 2.12. The van der Waals surface area contributed by atoms with Crippen LogP contribution in [0, 0.1) is 6.92 Å². The van der Waals surface area contributed by atoms with E-state index >= 15 is 0 Å². The third kappa shape index (κ3) is 2.19. The lowest BCUT2D eigenvalue weighted by atomic mass is 9.93. The van der Waals surface area contributed by atoms with Crippen LogP contribution in [0.4, 0.5) is 0 Å². The molecule has 1 aromatic rings. The Hall–Kier alpha value is -0.930. The molecule has 0 spiro atoms. The zero-order chi connectivity index (χ0) is 11.8. The molecule has 84 valence electrons. The first-order valence-corrected chi connectivity index (χ1v) is 5.02. The highest BCUT2D eigenvalue weighted by molar-refractivity contribution is 6.33. The summed E-state index contributed by atoms with van der Waals surface area (Å²) < 4.78 is 5.17. The zero-order valence-corrected chi connectivity index (χ0v) is 10.1. The Labute approximate surface area is 94.8 Å². The molecular formula is C11H16ClNO2. The number of hydrogen-bond acceptors (Lipinski definition) is 3. The summed E-state index contributed by atoms with van der Waals surface area (Å²) in [6.45, 7) is 5.49. The summed E-state index contributed by atoms with van der Waals surface area (Å²) in [6.07, 6.45) is 0. The predicted octanol–water partition coefficient (Wildman–Crippen LogP) is 2.56. The van der Waals surface area contributed by atoms with Crippen molar-refractivity contribution in [2.24, 2.45) is 5.73 Å². The van der Waals surface area contributed by atoms with Gasteiger partial charge in [0.05, 0.1) is 7.11 Å². The largest absolute Gasteiger partial charge is 0.506 e. The molecule has 0 aliphatic rings. The Balaban J connectivity index is 3.53. The number of phenolic OH excluding ortho intramolecular Hbond substituents is 1. The number of nitrogens with two attached hydrogens (primary N) is 1. The molecule has 0 amide bonds. The van der Waals surface area contributed by atoms with E-state index in [1.807, 2.05) is 13.8 Å². The smallest absolute Gasteiger partial charge is 0.146 e. The maximum Gasteiger partial charge on any atom is 0.146 e. The van der Waals surface area contributed by atoms with Gasteiger partial charge in [-0.05, 0) is 32.4 Å². The van der Waals surface area contributed by atoms with Crippen molar-refractivity contribution in [3.8, 4) is 11.5 Å². The highest BCUT2D eigenvalue weighted by Crippen LogP contribution is 2.42. The number of rotatable bonds is 2. The van der Waals surface area contributed by atoms with Crippen molar-refractivity contribution < 1.29 is 9.84 Å². The highest BCUT2D eigenvalue weighted by atomic mass is 35.5. The van der Waals surface area contributed by atoms with Gasteiger partial charge in [0.25, 0.3) is 0 Å². The topological polar surface area (TPSA) is 55.5 Å². The van der Waals surface area contributed by atoms with E-state index in [4.69, 9.17) is 22.1 Å². The molecule has 0 bridgehead atoms. The summed E-state index contributed by atoms with van der Waals surface area (Å²) >= 11 is 5.98. The van der Waals surface area contributed by atoms with Gasteiger partial charge in [-0.3, -0.25) is 0 Å². The van der Waals surface area contributed by atoms with Crippen LogP contribution in [0.1, 0.15) is 25.0 Å². The van der Waals surface area contributed by atoms with Crippen LogP contribution in [-0.4, -0.2) is 12.2 Å². The van der Waals surface area contributed by atoms with Gasteiger partial charge in [0, 0.05) is 11.1 Å². The minimum Gasteiger partial charge on any atom is -0.506 e. The Morgan fingerprint density at radius 2 is 2.00 bits per heavy atom. The molecule has 0 fully saturated rings. The van der Waals surface area contributed by atoms with E-state index in [0.29, 0.717) is 11.3 Å². The van der Waals surface area contributed by atoms with E-state index in [-0.39, 0.29) is 10.8 Å². The Bertz CT molecular complexity index is 383. The van der Waals surface area contributed by atoms with E-state index in [9.17, 15) is 5.11 Å². The number of aromatic hydroxyl groups is 1. The number of hydrogen-bond donors (Lipinski definition) is 2. The molecule has 4 heteroatoms. The van der Waals surface area contributed by atoms with Gasteiger partial charge in [-0.15, -0.1) is 0 Å². The minimum absolute atomic E-state index is 0.0431. The second-order valence-corrected chi connectivity index (χ2v) is 4.54. The summed E-state index contributed by atoms with van der Waals surface area (Å²) in [6, 6.07) is 1.79. The van der Waals surface area contributed by atoms with E-state index in [0.717, 1.165) is 5.56 Å². The van der Waals surface area contributed by atoms with Crippen LogP contribution in [0.5, 0.6) is 11.5 Å². The number of ether oxygens (including phenoxy) is 1. The molecule has 3 nitrogen and oxygen atoms in total. The summed E-state index contributed by atoms with van der Waals surface area (Å²) in [5, 5.41) is 9.87. The van der Waals surface area contributed by atoms with Crippen LogP contribution in [0.25, 0.3) is 0 Å². The fourth-order valence-electron chi connectivity index (χ4n) is 1.43. The van der Waals surface area contributed by atoms with Crippen LogP contribution in [0.3, 0.4) is 0 Å². The molecule has 3 N–H and O–H groups in total. The molecule has 15 heavy (non-hydrogen) atoms. The van der Waals surface area contributed by atoms with Crippen molar-refractivity contribution in [3.05, 3.63) is 22.2 Å². The van der Waals surface area contributed by atoms with Crippen molar-refractivity contribution in [1.29, 1.82) is 0 Å². The summed E-state index contributed by atoms with van der Waals surface area (Å²) in [7, 11) is 1.51. The number of methoxy groups -OCH3 is 1. The lowest BCUT2D eigenvalue weighted by Crippen LogP contribution is -2.29. The summed E-state index contributed by atoms with van der Waals surface area (Å²) in [5.74, 6) is 0.480. The maximum absolute atomic E-state index is 9.66. The van der Waals surface area contributed by atoms with Gasteiger partial charge in [0.2, 0.25) is 0 Å². The molecule has 1 rings (SSSR count). The zero-order valence-electron chi connectivity index (χ0n) is 9.39. The van der Waals surface area contributed by atoms with Crippen LogP contribution in [-0.2, 0) is 5.54 Å². The summed E-state index contributed by atoms with van der Waals surface area (Å²) in [4.78, 5) is 0. The SMILES string of the molecule is COc1c(C(C)(C)N)cc(C)c(O)c1Cl. The molecule has 0 unspecified atom stereocenters. The van der Waals surface area contributed by atoms with E-state index in [2.05, 4.69) is 0 Å². The van der Waals surface area contributed by atoms with Gasteiger partial charge in [-0.25, -0.2) is 0 Å². The number of benzene rings is 1. The van der Waals surface area contributed by atoms with Crippen LogP contribution < -0.4 is 10.5 Å². The third-order valence-corrected chi connectivity index (χ3v) is 2.64. The van der Waals surface area contributed by atoms with Gasteiger partial charge in [0.1, 0.15) is 16.5 Å². The molecule has 1 aromatic carbocycles. The van der Waals surface area contributed by atoms with Crippen LogP contribution >= 0.6 is 11.6 Å². The quantitative estimate of drug-likeness (QED) is 0.820. The first kappa shape index (κ1) is 12.1. The lowest BCUT2D eigenvalue weighted by Gasteiger charge is -2.24. The Morgan fingerprint density at radius 1 is 1.47 bits per heavy atom. The molecule has 0 radical (unpaired) electrons. The van der Waals surface area contributed by atoms with Crippen molar-refractivity contribution in [3.63, 3.8) is 0 Å². The maximum atomic E-state index is 9.66. The first-order chi connectivity index (χ1) is 6.79. The van der Waals surface area contributed by atoms with Crippen molar-refractivity contribution in [2.45, 2.75) is 26.3 Å². The normalized spacial score (nSPS) is 11.6. The average molecular weight is 230 g/mol. The molecule has 0 heterocycles. The molecule has 0 aliphatic carbocycles. The van der Waals surface area contributed by atoms with Crippen molar-refractivity contribution in [2.75, 3.05) is 7.11 Å². The van der Waals surface area contributed by atoms with E-state index in [1.54, 1.807) is 13.0 Å². The van der Waals surface area contributed by atoms with E-state index < -0.39 is 5.54 Å². The minimum atomic E-state index is -0.562. The molecular weight excluding hydrogens is 214 g/mol. The Morgan fingerprint density at radius 3 is 2.40 bits per heavy atom. The van der Waals surface area contributed by atoms with Crippen molar-refractivity contribution in [1.82, 2.24) is 0 Å². The predicted molar refractivity (Wildman–Crippen MR) is 61.6 cm³/mol. The number of phenols is 1. The first-order valence-electron chi connectivity index (χ1n) is 4.64. The second-order valence-electron chi connectivity index (χ2n) is 4.16. The highest BCUT2D eigenvalue weighted by Gasteiger charge is 2.24. The van der Waals surface area contributed by atoms with Crippen molar-refractivity contribution >= 4 is 11.6 Å². The van der Waals surface area contributed by atoms with Crippen LogP contribution in [0.15, 0.2) is 6.07 Å². The fourth-order valence-corrected chi connectivity index (χ4v) is 1.76. The van der Waals surface area contributed by atoms with Gasteiger partial charge >= 0.3 is 0 Å². The number of halogens is 1.